The van der Waals surface area contributed by atoms with Gasteiger partial charge in [-0.25, -0.2) is 17.8 Å². The minimum atomic E-state index is -3.80. The molecule has 0 spiro atoms. The van der Waals surface area contributed by atoms with Crippen molar-refractivity contribution in [3.63, 3.8) is 0 Å². The van der Waals surface area contributed by atoms with Crippen LogP contribution in [0.1, 0.15) is 12.3 Å². The first-order chi connectivity index (χ1) is 15.3. The summed E-state index contributed by atoms with van der Waals surface area (Å²) >= 11 is 6.17. The molecule has 1 amide bonds. The summed E-state index contributed by atoms with van der Waals surface area (Å²) in [7, 11) is -3.80. The molecule has 0 saturated carbocycles. The molecule has 1 saturated heterocycles. The summed E-state index contributed by atoms with van der Waals surface area (Å²) in [5.74, 6) is 0.254. The number of piperazine rings is 1. The number of benzene rings is 2. The fraction of sp³-hybridized carbons (Fsp3) is 0.273. The second-order valence-electron chi connectivity index (χ2n) is 7.34. The highest BCUT2D eigenvalue weighted by molar-refractivity contribution is 7.89. The number of amides is 1. The molecule has 7 nitrogen and oxygen atoms in total. The van der Waals surface area contributed by atoms with E-state index >= 15 is 0 Å². The molecule has 0 bridgehead atoms. The van der Waals surface area contributed by atoms with E-state index in [9.17, 15) is 17.6 Å². The highest BCUT2D eigenvalue weighted by Gasteiger charge is 2.30. The zero-order valence-electron chi connectivity index (χ0n) is 17.1. The molecule has 0 aliphatic carbocycles. The van der Waals surface area contributed by atoms with Gasteiger partial charge in [-0.2, -0.15) is 4.31 Å². The van der Waals surface area contributed by atoms with Crippen molar-refractivity contribution in [2.45, 2.75) is 17.7 Å². The van der Waals surface area contributed by atoms with E-state index in [1.54, 1.807) is 17.2 Å². The van der Waals surface area contributed by atoms with Gasteiger partial charge in [0.2, 0.25) is 15.9 Å². The molecule has 168 valence electrons. The first-order valence-corrected chi connectivity index (χ1v) is 11.9. The molecular formula is C22H21ClFN3O4S. The van der Waals surface area contributed by atoms with E-state index in [2.05, 4.69) is 4.98 Å². The molecule has 32 heavy (non-hydrogen) atoms. The molecule has 1 aliphatic rings. The van der Waals surface area contributed by atoms with Gasteiger partial charge < -0.3 is 9.32 Å². The van der Waals surface area contributed by atoms with Crippen molar-refractivity contribution in [2.24, 2.45) is 0 Å². The molecule has 0 unspecified atom stereocenters. The SMILES string of the molecule is O=C(CCc1ncc(-c2ccccc2Cl)o1)N1CCN(S(=O)(=O)c2cccc(F)c2)CC1. The monoisotopic (exact) mass is 477 g/mol. The van der Waals surface area contributed by atoms with E-state index < -0.39 is 15.8 Å². The lowest BCUT2D eigenvalue weighted by Crippen LogP contribution is -2.50. The van der Waals surface area contributed by atoms with E-state index in [-0.39, 0.29) is 43.4 Å². The third-order valence-electron chi connectivity index (χ3n) is 5.27. The van der Waals surface area contributed by atoms with Crippen LogP contribution in [0.5, 0.6) is 0 Å². The first-order valence-electron chi connectivity index (χ1n) is 10.1. The molecule has 0 N–H and O–H groups in total. The number of aryl methyl sites for hydroxylation is 1. The summed E-state index contributed by atoms with van der Waals surface area (Å²) in [5.41, 5.74) is 0.731. The number of halogens is 2. The van der Waals surface area contributed by atoms with E-state index in [1.165, 1.54) is 22.5 Å². The van der Waals surface area contributed by atoms with Gasteiger partial charge in [0, 0.05) is 44.6 Å². The fourth-order valence-electron chi connectivity index (χ4n) is 3.54. The topological polar surface area (TPSA) is 83.7 Å². The summed E-state index contributed by atoms with van der Waals surface area (Å²) in [6.07, 6.45) is 2.10. The zero-order valence-corrected chi connectivity index (χ0v) is 18.7. The minimum absolute atomic E-state index is 0.0875. The van der Waals surface area contributed by atoms with Crippen molar-refractivity contribution in [2.75, 3.05) is 26.2 Å². The predicted octanol–water partition coefficient (Wildman–Crippen LogP) is 3.60. The highest BCUT2D eigenvalue weighted by Crippen LogP contribution is 2.28. The van der Waals surface area contributed by atoms with Crippen LogP contribution in [0.25, 0.3) is 11.3 Å². The Bertz CT molecular complexity index is 1220. The molecule has 1 aromatic heterocycles. The molecule has 4 rings (SSSR count). The average molecular weight is 478 g/mol. The van der Waals surface area contributed by atoms with Crippen molar-refractivity contribution in [3.05, 3.63) is 71.5 Å². The molecule has 10 heteroatoms. The number of nitrogens with zero attached hydrogens (tertiary/aromatic N) is 3. The predicted molar refractivity (Wildman–Crippen MR) is 117 cm³/mol. The van der Waals surface area contributed by atoms with Crippen molar-refractivity contribution in [1.29, 1.82) is 0 Å². The standard InChI is InChI=1S/C22H21ClFN3O4S/c23-19-7-2-1-6-18(19)20-15-25-21(31-20)8-9-22(28)26-10-12-27(13-11-26)32(29,30)17-5-3-4-16(24)14-17/h1-7,14-15H,8-13H2. The Morgan fingerprint density at radius 1 is 1.09 bits per heavy atom. The zero-order chi connectivity index (χ0) is 22.7. The van der Waals surface area contributed by atoms with E-state index in [0.29, 0.717) is 23.1 Å². The van der Waals surface area contributed by atoms with Crippen LogP contribution in [0, 0.1) is 5.82 Å². The first kappa shape index (κ1) is 22.4. The summed E-state index contributed by atoms with van der Waals surface area (Å²) in [6, 6.07) is 12.2. The Hall–Kier alpha value is -2.75. The number of hydrogen-bond donors (Lipinski definition) is 0. The van der Waals surface area contributed by atoms with Gasteiger partial charge in [-0.15, -0.1) is 0 Å². The molecule has 2 aromatic carbocycles. The molecule has 0 radical (unpaired) electrons. The Morgan fingerprint density at radius 2 is 1.84 bits per heavy atom. The van der Waals surface area contributed by atoms with Gasteiger partial charge >= 0.3 is 0 Å². The van der Waals surface area contributed by atoms with Crippen molar-refractivity contribution >= 4 is 27.5 Å². The number of rotatable bonds is 6. The Labute approximate surface area is 190 Å². The summed E-state index contributed by atoms with van der Waals surface area (Å²) in [4.78, 5) is 18.3. The summed E-state index contributed by atoms with van der Waals surface area (Å²) in [5, 5.41) is 0.553. The second kappa shape index (κ2) is 9.40. The smallest absolute Gasteiger partial charge is 0.243 e. The number of carbonyl (C=O) groups excluding carboxylic acids is 1. The van der Waals surface area contributed by atoms with Crippen LogP contribution in [0.3, 0.4) is 0 Å². The van der Waals surface area contributed by atoms with Crippen molar-refractivity contribution in [3.8, 4) is 11.3 Å². The number of oxazole rings is 1. The maximum absolute atomic E-state index is 13.4. The summed E-state index contributed by atoms with van der Waals surface area (Å²) < 4.78 is 45.8. The van der Waals surface area contributed by atoms with Crippen LogP contribution in [0.4, 0.5) is 4.39 Å². The number of carbonyl (C=O) groups is 1. The molecule has 3 aromatic rings. The van der Waals surface area contributed by atoms with Crippen LogP contribution in [0.15, 0.2) is 64.0 Å². The second-order valence-corrected chi connectivity index (χ2v) is 9.69. The average Bonchev–Trinajstić information content (AvgIpc) is 3.26. The van der Waals surface area contributed by atoms with Gasteiger partial charge in [-0.3, -0.25) is 4.79 Å². The third-order valence-corrected chi connectivity index (χ3v) is 7.50. The molecule has 2 heterocycles. The van der Waals surface area contributed by atoms with Crippen LogP contribution in [-0.4, -0.2) is 54.7 Å². The highest BCUT2D eigenvalue weighted by atomic mass is 35.5. The van der Waals surface area contributed by atoms with E-state index in [0.717, 1.165) is 11.6 Å². The van der Waals surface area contributed by atoms with Crippen molar-refractivity contribution in [1.82, 2.24) is 14.2 Å². The molecule has 1 fully saturated rings. The minimum Gasteiger partial charge on any atom is -0.441 e. The molecule has 0 atom stereocenters. The largest absolute Gasteiger partial charge is 0.441 e. The molecule has 1 aliphatic heterocycles. The maximum Gasteiger partial charge on any atom is 0.243 e. The summed E-state index contributed by atoms with van der Waals surface area (Å²) in [6.45, 7) is 0.841. The van der Waals surface area contributed by atoms with Gasteiger partial charge in [0.25, 0.3) is 0 Å². The van der Waals surface area contributed by atoms with Crippen molar-refractivity contribution < 1.29 is 22.0 Å². The maximum atomic E-state index is 13.4. The lowest BCUT2D eigenvalue weighted by molar-refractivity contribution is -0.132. The number of sulfonamides is 1. The quantitative estimate of drug-likeness (QED) is 0.541. The van der Waals surface area contributed by atoms with E-state index in [1.807, 2.05) is 18.2 Å². The Balaban J connectivity index is 1.31. The van der Waals surface area contributed by atoms with Gasteiger partial charge in [0.1, 0.15) is 5.82 Å². The fourth-order valence-corrected chi connectivity index (χ4v) is 5.22. The van der Waals surface area contributed by atoms with Gasteiger partial charge in [0.05, 0.1) is 16.1 Å². The number of aromatic nitrogens is 1. The van der Waals surface area contributed by atoms with Crippen LogP contribution in [0.2, 0.25) is 5.02 Å². The third kappa shape index (κ3) is 4.85. The lowest BCUT2D eigenvalue weighted by Gasteiger charge is -2.34. The normalized spacial score (nSPS) is 15.1. The Kier molecular flexibility index (Phi) is 6.59. The van der Waals surface area contributed by atoms with Crippen LogP contribution in [-0.2, 0) is 21.2 Å². The Morgan fingerprint density at radius 3 is 2.56 bits per heavy atom. The van der Waals surface area contributed by atoms with Gasteiger partial charge in [-0.05, 0) is 30.3 Å². The van der Waals surface area contributed by atoms with Gasteiger partial charge in [0.15, 0.2) is 11.7 Å². The van der Waals surface area contributed by atoms with Crippen LogP contribution < -0.4 is 0 Å². The number of hydrogen-bond acceptors (Lipinski definition) is 5. The van der Waals surface area contributed by atoms with Crippen LogP contribution >= 0.6 is 11.6 Å². The lowest BCUT2D eigenvalue weighted by atomic mass is 10.2. The molecular weight excluding hydrogens is 457 g/mol. The van der Waals surface area contributed by atoms with E-state index in [4.69, 9.17) is 16.0 Å². The van der Waals surface area contributed by atoms with Gasteiger partial charge in [-0.1, -0.05) is 29.8 Å².